The van der Waals surface area contributed by atoms with Crippen LogP contribution in [0.25, 0.3) is 0 Å². The van der Waals surface area contributed by atoms with Gasteiger partial charge >= 0.3 is 12.1 Å². The molecule has 0 spiro atoms. The maximum Gasteiger partial charge on any atom is 0.493 e. The van der Waals surface area contributed by atoms with Crippen LogP contribution in [-0.4, -0.2) is 23.2 Å². The van der Waals surface area contributed by atoms with Gasteiger partial charge in [-0.3, -0.25) is 4.79 Å². The lowest BCUT2D eigenvalue weighted by atomic mass is 10.2. The largest absolute Gasteiger partial charge is 0.493 e. The molecular weight excluding hydrogens is 279 g/mol. The van der Waals surface area contributed by atoms with E-state index in [4.69, 9.17) is 5.73 Å². The highest BCUT2D eigenvalue weighted by molar-refractivity contribution is 5.78. The quantitative estimate of drug-likeness (QED) is 0.325. The van der Waals surface area contributed by atoms with E-state index in [9.17, 15) is 22.8 Å². The number of nitrogens with two attached hydrogens (primary N) is 2. The number of hydrazine groups is 1. The maximum absolute atomic E-state index is 11.4. The predicted molar refractivity (Wildman–Crippen MR) is 64.4 cm³/mol. The highest BCUT2D eigenvalue weighted by atomic mass is 19.4. The summed E-state index contributed by atoms with van der Waals surface area (Å²) in [5, 5.41) is -0.296. The third kappa shape index (κ3) is 6.59. The Balaban J connectivity index is 0.000000388. The molecule has 1 amide bonds. The van der Waals surface area contributed by atoms with Crippen LogP contribution in [0.15, 0.2) is 24.3 Å². The van der Waals surface area contributed by atoms with E-state index < -0.39 is 18.1 Å². The summed E-state index contributed by atoms with van der Waals surface area (Å²) in [6.45, 7) is 2.83. The van der Waals surface area contributed by atoms with Gasteiger partial charge in [0.05, 0.1) is 0 Å². The second kappa shape index (κ2) is 7.34. The van der Waals surface area contributed by atoms with Crippen LogP contribution < -0.4 is 11.6 Å². The molecule has 0 aliphatic rings. The van der Waals surface area contributed by atoms with Crippen LogP contribution in [0.2, 0.25) is 0 Å². The van der Waals surface area contributed by atoms with Crippen molar-refractivity contribution in [2.75, 3.05) is 5.73 Å². The number of alkyl halides is 3. The Morgan fingerprint density at radius 1 is 1.25 bits per heavy atom. The average molecular weight is 293 g/mol. The summed E-state index contributed by atoms with van der Waals surface area (Å²) < 4.78 is 34.2. The molecule has 6 nitrogen and oxygen atoms in total. The lowest BCUT2D eigenvalue weighted by Crippen LogP contribution is -2.41. The first-order valence-corrected chi connectivity index (χ1v) is 5.21. The Kier molecular flexibility index (Phi) is 6.50. The average Bonchev–Trinajstić information content (AvgIpc) is 2.32. The topological polar surface area (TPSA) is 98.6 Å². The first-order valence-electron chi connectivity index (χ1n) is 5.21. The van der Waals surface area contributed by atoms with Crippen molar-refractivity contribution < 1.29 is 27.6 Å². The third-order valence-corrected chi connectivity index (χ3v) is 1.91. The SMILES string of the molecule is CC(=O)N(N)OC(=O)C(F)(F)F.Cc1ccccc1N. The molecule has 0 heterocycles. The zero-order valence-corrected chi connectivity index (χ0v) is 10.8. The van der Waals surface area contributed by atoms with E-state index in [0.29, 0.717) is 0 Å². The molecule has 0 saturated carbocycles. The Morgan fingerprint density at radius 2 is 1.75 bits per heavy atom. The van der Waals surface area contributed by atoms with Gasteiger partial charge in [-0.05, 0) is 18.6 Å². The standard InChI is InChI=1S/C7H9N.C4H5F3N2O3/c1-6-4-2-3-5-7(6)8;1-2(10)9(8)12-3(11)4(5,6)7/h2-5H,8H2,1H3;8H2,1H3. The number of halogens is 3. The number of hydrogen-bond acceptors (Lipinski definition) is 5. The number of rotatable bonds is 0. The molecule has 9 heteroatoms. The van der Waals surface area contributed by atoms with Crippen molar-refractivity contribution in [3.63, 3.8) is 0 Å². The van der Waals surface area contributed by atoms with Crippen LogP contribution in [0.4, 0.5) is 18.9 Å². The smallest absolute Gasteiger partial charge is 0.399 e. The summed E-state index contributed by atoms with van der Waals surface area (Å²) in [6, 6.07) is 7.80. The number of benzene rings is 1. The Labute approximate surface area is 113 Å². The molecule has 0 aromatic heterocycles. The molecule has 4 N–H and O–H groups in total. The van der Waals surface area contributed by atoms with E-state index in [1.165, 1.54) is 0 Å². The third-order valence-electron chi connectivity index (χ3n) is 1.91. The number of para-hydroxylation sites is 1. The molecule has 0 atom stereocenters. The van der Waals surface area contributed by atoms with E-state index in [2.05, 4.69) is 10.7 Å². The number of carbonyl (C=O) groups excluding carboxylic acids is 2. The first-order chi connectivity index (χ1) is 9.05. The highest BCUT2D eigenvalue weighted by Crippen LogP contribution is 2.16. The lowest BCUT2D eigenvalue weighted by molar-refractivity contribution is -0.237. The fourth-order valence-electron chi connectivity index (χ4n) is 0.792. The van der Waals surface area contributed by atoms with Gasteiger partial charge in [0, 0.05) is 12.6 Å². The lowest BCUT2D eigenvalue weighted by Gasteiger charge is -2.13. The van der Waals surface area contributed by atoms with Crippen LogP contribution >= 0.6 is 0 Å². The van der Waals surface area contributed by atoms with Gasteiger partial charge in [0.25, 0.3) is 5.91 Å². The Morgan fingerprint density at radius 3 is 2.05 bits per heavy atom. The number of nitrogen functional groups attached to an aromatic ring is 1. The zero-order chi connectivity index (χ0) is 15.9. The van der Waals surface area contributed by atoms with E-state index in [0.717, 1.165) is 18.2 Å². The van der Waals surface area contributed by atoms with Crippen LogP contribution in [0, 0.1) is 6.92 Å². The summed E-state index contributed by atoms with van der Waals surface area (Å²) in [5.74, 6) is 0.993. The summed E-state index contributed by atoms with van der Waals surface area (Å²) in [5.41, 5.74) is 7.53. The van der Waals surface area contributed by atoms with Crippen LogP contribution in [0.3, 0.4) is 0 Å². The number of hydrogen-bond donors (Lipinski definition) is 2. The first kappa shape index (κ1) is 17.7. The van der Waals surface area contributed by atoms with Crippen molar-refractivity contribution in [2.45, 2.75) is 20.0 Å². The van der Waals surface area contributed by atoms with Crippen molar-refractivity contribution in [1.29, 1.82) is 0 Å². The van der Waals surface area contributed by atoms with Crippen molar-refractivity contribution in [2.24, 2.45) is 5.84 Å². The van der Waals surface area contributed by atoms with Crippen molar-refractivity contribution in [1.82, 2.24) is 5.17 Å². The van der Waals surface area contributed by atoms with Crippen molar-refractivity contribution >= 4 is 17.6 Å². The molecule has 112 valence electrons. The molecule has 20 heavy (non-hydrogen) atoms. The molecule has 0 aliphatic carbocycles. The summed E-state index contributed by atoms with van der Waals surface area (Å²) >= 11 is 0. The van der Waals surface area contributed by atoms with Crippen molar-refractivity contribution in [3.05, 3.63) is 29.8 Å². The van der Waals surface area contributed by atoms with Gasteiger partial charge in [-0.25, -0.2) is 10.6 Å². The van der Waals surface area contributed by atoms with E-state index >= 15 is 0 Å². The second-order valence-electron chi connectivity index (χ2n) is 3.58. The fraction of sp³-hybridized carbons (Fsp3) is 0.273. The van der Waals surface area contributed by atoms with Crippen LogP contribution in [0.1, 0.15) is 12.5 Å². The molecular formula is C11H14F3N3O3. The Bertz CT molecular complexity index is 456. The van der Waals surface area contributed by atoms with E-state index in [1.807, 2.05) is 31.2 Å². The summed E-state index contributed by atoms with van der Waals surface area (Å²) in [7, 11) is 0. The maximum atomic E-state index is 11.4. The van der Waals surface area contributed by atoms with Crippen molar-refractivity contribution in [3.8, 4) is 0 Å². The summed E-state index contributed by atoms with van der Waals surface area (Å²) in [4.78, 5) is 23.5. The molecule has 1 aromatic carbocycles. The van der Waals surface area contributed by atoms with Crippen LogP contribution in [-0.2, 0) is 14.4 Å². The number of aryl methyl sites for hydroxylation is 1. The van der Waals surface area contributed by atoms with Gasteiger partial charge in [0.2, 0.25) is 0 Å². The minimum absolute atomic E-state index is 0.296. The monoisotopic (exact) mass is 293 g/mol. The molecule has 1 aromatic rings. The normalized spacial score (nSPS) is 10.1. The number of amides is 1. The van der Waals surface area contributed by atoms with Gasteiger partial charge in [-0.2, -0.15) is 13.2 Å². The Hall–Kier alpha value is -2.29. The van der Waals surface area contributed by atoms with Gasteiger partial charge < -0.3 is 10.6 Å². The molecule has 0 radical (unpaired) electrons. The second-order valence-corrected chi connectivity index (χ2v) is 3.58. The van der Waals surface area contributed by atoms with Gasteiger partial charge in [-0.15, -0.1) is 5.17 Å². The molecule has 0 fully saturated rings. The molecule has 1 rings (SSSR count). The van der Waals surface area contributed by atoms with Gasteiger partial charge in [-0.1, -0.05) is 18.2 Å². The van der Waals surface area contributed by atoms with Gasteiger partial charge in [0.15, 0.2) is 0 Å². The van der Waals surface area contributed by atoms with E-state index in [-0.39, 0.29) is 5.17 Å². The molecule has 0 aliphatic heterocycles. The molecule has 0 unspecified atom stereocenters. The number of anilines is 1. The minimum atomic E-state index is -5.16. The van der Waals surface area contributed by atoms with Gasteiger partial charge in [0.1, 0.15) is 0 Å². The fourth-order valence-corrected chi connectivity index (χ4v) is 0.792. The molecule has 0 bridgehead atoms. The summed E-state index contributed by atoms with van der Waals surface area (Å²) in [6.07, 6.45) is -5.16. The zero-order valence-electron chi connectivity index (χ0n) is 10.8. The highest BCUT2D eigenvalue weighted by Gasteiger charge is 2.42. The van der Waals surface area contributed by atoms with Crippen LogP contribution in [0.5, 0.6) is 0 Å². The number of carbonyl (C=O) groups is 2. The predicted octanol–water partition coefficient (Wildman–Crippen LogP) is 1.31. The molecule has 0 saturated heterocycles. The number of hydroxylamine groups is 1. The van der Waals surface area contributed by atoms with E-state index in [1.54, 1.807) is 0 Å². The minimum Gasteiger partial charge on any atom is -0.399 e. The number of nitrogens with zero attached hydrogens (tertiary/aromatic N) is 1.